The SMILES string of the molecule is N#Cc1ccc(-n2c3ccccc3c3cccc(-n4c5ccccc5c5ccccc54)c32)c(-c2cccc(-n3c4ccccc4c4cc(C#N)ccc43)c2)c1. The van der Waals surface area contributed by atoms with Gasteiger partial charge in [0.25, 0.3) is 0 Å². The Morgan fingerprint density at radius 2 is 0.855 bits per heavy atom. The van der Waals surface area contributed by atoms with E-state index in [1.165, 1.54) is 10.8 Å². The third-order valence-electron chi connectivity index (χ3n) is 11.1. The number of aromatic nitrogens is 3. The molecule has 0 saturated heterocycles. The van der Waals surface area contributed by atoms with Gasteiger partial charge < -0.3 is 13.7 Å². The Morgan fingerprint density at radius 1 is 0.345 bits per heavy atom. The van der Waals surface area contributed by atoms with Crippen LogP contribution in [-0.2, 0) is 0 Å². The maximum absolute atomic E-state index is 10.2. The van der Waals surface area contributed by atoms with Gasteiger partial charge in [-0.3, -0.25) is 0 Å². The standard InChI is InChI=1S/C50H29N5/c51-30-32-23-25-47(41(27-32)34-11-9-12-35(29-34)53-43-18-5-4-16-39(43)42-28-33(31-52)24-26-48(42)53)55-46-21-8-3-15-38(46)40-17-10-22-49(50(40)55)54-44-19-6-1-13-36(44)37-14-2-7-20-45(37)54/h1-29H. The summed E-state index contributed by atoms with van der Waals surface area (Å²) in [7, 11) is 0. The molecule has 3 aromatic heterocycles. The summed E-state index contributed by atoms with van der Waals surface area (Å²) in [5.41, 5.74) is 12.8. The number of fused-ring (bicyclic) bond motifs is 9. The summed E-state index contributed by atoms with van der Waals surface area (Å²) in [5.74, 6) is 0. The summed E-state index contributed by atoms with van der Waals surface area (Å²) in [4.78, 5) is 0. The topological polar surface area (TPSA) is 62.4 Å². The van der Waals surface area contributed by atoms with Crippen LogP contribution in [0.4, 0.5) is 0 Å². The lowest BCUT2D eigenvalue weighted by atomic mass is 10.00. The molecule has 5 nitrogen and oxygen atoms in total. The fourth-order valence-corrected chi connectivity index (χ4v) is 8.78. The third-order valence-corrected chi connectivity index (χ3v) is 11.1. The van der Waals surface area contributed by atoms with Gasteiger partial charge in [-0.25, -0.2) is 0 Å². The van der Waals surface area contributed by atoms with Crippen molar-refractivity contribution in [3.63, 3.8) is 0 Å². The number of hydrogen-bond acceptors (Lipinski definition) is 2. The van der Waals surface area contributed by atoms with Crippen molar-refractivity contribution in [2.24, 2.45) is 0 Å². The zero-order valence-electron chi connectivity index (χ0n) is 29.5. The van der Waals surface area contributed by atoms with Gasteiger partial charge in [0.05, 0.1) is 67.7 Å². The number of nitriles is 2. The molecule has 0 aliphatic carbocycles. The predicted molar refractivity (Wildman–Crippen MR) is 224 cm³/mol. The predicted octanol–water partition coefficient (Wildman–Crippen LogP) is 12.4. The van der Waals surface area contributed by atoms with Crippen molar-refractivity contribution in [1.29, 1.82) is 10.5 Å². The Hall–Kier alpha value is -7.86. The van der Waals surface area contributed by atoms with Crippen LogP contribution in [0.1, 0.15) is 11.1 Å². The van der Waals surface area contributed by atoms with Crippen LogP contribution in [0.15, 0.2) is 176 Å². The zero-order valence-corrected chi connectivity index (χ0v) is 29.5. The molecule has 0 amide bonds. The Labute approximate surface area is 316 Å². The average Bonchev–Trinajstić information content (AvgIpc) is 3.89. The van der Waals surface area contributed by atoms with Crippen molar-refractivity contribution in [3.05, 3.63) is 187 Å². The smallest absolute Gasteiger partial charge is 0.0991 e. The van der Waals surface area contributed by atoms with Gasteiger partial charge in [0, 0.05) is 43.6 Å². The molecule has 0 bridgehead atoms. The highest BCUT2D eigenvalue weighted by molar-refractivity contribution is 6.15. The van der Waals surface area contributed by atoms with Gasteiger partial charge in [0.2, 0.25) is 0 Å². The number of benzene rings is 8. The van der Waals surface area contributed by atoms with Gasteiger partial charge in [-0.2, -0.15) is 10.5 Å². The largest absolute Gasteiger partial charge is 0.309 e. The van der Waals surface area contributed by atoms with E-state index in [9.17, 15) is 10.5 Å². The lowest BCUT2D eigenvalue weighted by Crippen LogP contribution is -2.03. The van der Waals surface area contributed by atoms with E-state index in [2.05, 4.69) is 165 Å². The molecule has 11 rings (SSSR count). The van der Waals surface area contributed by atoms with Crippen LogP contribution in [0.3, 0.4) is 0 Å². The number of hydrogen-bond donors (Lipinski definition) is 0. The highest BCUT2D eigenvalue weighted by Gasteiger charge is 2.22. The molecule has 0 fully saturated rings. The average molecular weight is 700 g/mol. The summed E-state index contributed by atoms with van der Waals surface area (Å²) < 4.78 is 7.05. The van der Waals surface area contributed by atoms with E-state index < -0.39 is 0 Å². The second-order valence-electron chi connectivity index (χ2n) is 14.0. The fourth-order valence-electron chi connectivity index (χ4n) is 8.78. The normalized spacial score (nSPS) is 11.6. The van der Waals surface area contributed by atoms with Crippen molar-refractivity contribution < 1.29 is 0 Å². The molecule has 8 aromatic carbocycles. The van der Waals surface area contributed by atoms with Crippen molar-refractivity contribution in [3.8, 4) is 40.3 Å². The second-order valence-corrected chi connectivity index (χ2v) is 14.0. The molecule has 5 heteroatoms. The summed E-state index contributed by atoms with van der Waals surface area (Å²) in [6.07, 6.45) is 0. The van der Waals surface area contributed by atoms with E-state index in [4.69, 9.17) is 0 Å². The summed E-state index contributed by atoms with van der Waals surface area (Å²) in [6, 6.07) is 66.0. The first-order valence-corrected chi connectivity index (χ1v) is 18.3. The Bertz CT molecular complexity index is 3420. The van der Waals surface area contributed by atoms with Crippen LogP contribution in [-0.4, -0.2) is 13.7 Å². The van der Waals surface area contributed by atoms with Crippen molar-refractivity contribution in [1.82, 2.24) is 13.7 Å². The first-order chi connectivity index (χ1) is 27.2. The second kappa shape index (κ2) is 11.8. The first kappa shape index (κ1) is 30.7. The third kappa shape index (κ3) is 4.45. The van der Waals surface area contributed by atoms with Crippen LogP contribution in [0.2, 0.25) is 0 Å². The van der Waals surface area contributed by atoms with Crippen LogP contribution in [0.25, 0.3) is 93.6 Å². The molecule has 11 aromatic rings. The van der Waals surface area contributed by atoms with E-state index in [0.717, 1.165) is 82.8 Å². The van der Waals surface area contributed by atoms with Crippen molar-refractivity contribution in [2.45, 2.75) is 0 Å². The molecule has 0 aliphatic heterocycles. The van der Waals surface area contributed by atoms with Crippen molar-refractivity contribution >= 4 is 65.4 Å². The van der Waals surface area contributed by atoms with Gasteiger partial charge in [-0.05, 0) is 84.4 Å². The Morgan fingerprint density at radius 3 is 1.53 bits per heavy atom. The maximum Gasteiger partial charge on any atom is 0.0991 e. The number of rotatable bonds is 4. The van der Waals surface area contributed by atoms with Gasteiger partial charge in [-0.1, -0.05) is 97.1 Å². The molecule has 0 radical (unpaired) electrons. The molecule has 0 unspecified atom stereocenters. The van der Waals surface area contributed by atoms with Crippen LogP contribution >= 0.6 is 0 Å². The highest BCUT2D eigenvalue weighted by Crippen LogP contribution is 2.42. The van der Waals surface area contributed by atoms with Gasteiger partial charge in [0.15, 0.2) is 0 Å². The number of nitrogens with zero attached hydrogens (tertiary/aromatic N) is 5. The lowest BCUT2D eigenvalue weighted by Gasteiger charge is -2.18. The van der Waals surface area contributed by atoms with Crippen molar-refractivity contribution in [2.75, 3.05) is 0 Å². The maximum atomic E-state index is 10.2. The molecule has 0 aliphatic rings. The summed E-state index contributed by atoms with van der Waals surface area (Å²) in [6.45, 7) is 0. The molecule has 254 valence electrons. The molecule has 0 saturated carbocycles. The molecule has 0 N–H and O–H groups in total. The number of para-hydroxylation sites is 5. The molecular formula is C50H29N5. The summed E-state index contributed by atoms with van der Waals surface area (Å²) in [5, 5.41) is 26.8. The molecule has 55 heavy (non-hydrogen) atoms. The van der Waals surface area contributed by atoms with E-state index in [1.54, 1.807) is 0 Å². The molecule has 0 atom stereocenters. The van der Waals surface area contributed by atoms with Crippen LogP contribution in [0.5, 0.6) is 0 Å². The van der Waals surface area contributed by atoms with E-state index in [1.807, 2.05) is 36.4 Å². The minimum Gasteiger partial charge on any atom is -0.309 e. The van der Waals surface area contributed by atoms with E-state index in [-0.39, 0.29) is 0 Å². The highest BCUT2D eigenvalue weighted by atomic mass is 15.1. The molecule has 0 spiro atoms. The molecule has 3 heterocycles. The monoisotopic (exact) mass is 699 g/mol. The van der Waals surface area contributed by atoms with Crippen LogP contribution < -0.4 is 0 Å². The molecular weight excluding hydrogens is 671 g/mol. The zero-order chi connectivity index (χ0) is 36.6. The van der Waals surface area contributed by atoms with Crippen LogP contribution in [0, 0.1) is 22.7 Å². The van der Waals surface area contributed by atoms with Gasteiger partial charge in [-0.15, -0.1) is 0 Å². The first-order valence-electron chi connectivity index (χ1n) is 18.3. The fraction of sp³-hybridized carbons (Fsp3) is 0. The minimum absolute atomic E-state index is 0.591. The van der Waals surface area contributed by atoms with E-state index in [0.29, 0.717) is 11.1 Å². The van der Waals surface area contributed by atoms with E-state index >= 15 is 0 Å². The van der Waals surface area contributed by atoms with Gasteiger partial charge in [0.1, 0.15) is 0 Å². The lowest BCUT2D eigenvalue weighted by molar-refractivity contribution is 1.13. The summed E-state index contributed by atoms with van der Waals surface area (Å²) >= 11 is 0. The minimum atomic E-state index is 0.591. The quantitative estimate of drug-likeness (QED) is 0.184. The Balaban J connectivity index is 1.21. The Kier molecular flexibility index (Phi) is 6.61. The van der Waals surface area contributed by atoms with Gasteiger partial charge >= 0.3 is 0 Å².